The molecule has 0 spiro atoms. The number of amides is 2. The molecule has 4 heteroatoms. The van der Waals surface area contributed by atoms with Gasteiger partial charge in [0.2, 0.25) is 11.8 Å². The number of rotatable bonds is 6. The van der Waals surface area contributed by atoms with Crippen LogP contribution in [-0.2, 0) is 16.0 Å². The molecule has 0 aliphatic heterocycles. The fraction of sp³-hybridized carbons (Fsp3) is 0.375. The molecule has 1 aromatic carbocycles. The summed E-state index contributed by atoms with van der Waals surface area (Å²) in [5, 5.41) is 5.39. The molecule has 2 rings (SSSR count). The van der Waals surface area contributed by atoms with E-state index in [1.807, 2.05) is 24.3 Å². The van der Waals surface area contributed by atoms with Gasteiger partial charge < -0.3 is 10.6 Å². The fourth-order valence-electron chi connectivity index (χ4n) is 1.77. The maximum atomic E-state index is 11.6. The van der Waals surface area contributed by atoms with Crippen molar-refractivity contribution >= 4 is 17.9 Å². The van der Waals surface area contributed by atoms with Crippen molar-refractivity contribution in [1.82, 2.24) is 10.6 Å². The Morgan fingerprint density at radius 2 is 1.95 bits per heavy atom. The molecule has 2 amide bonds. The highest BCUT2D eigenvalue weighted by molar-refractivity contribution is 5.94. The zero-order valence-corrected chi connectivity index (χ0v) is 11.7. The van der Waals surface area contributed by atoms with Gasteiger partial charge in [-0.25, -0.2) is 0 Å². The molecule has 0 atom stereocenters. The summed E-state index contributed by atoms with van der Waals surface area (Å²) in [5.41, 5.74) is 2.24. The van der Waals surface area contributed by atoms with Gasteiger partial charge in [0.25, 0.3) is 0 Å². The number of hydrogen-bond acceptors (Lipinski definition) is 2. The molecule has 0 aromatic heterocycles. The van der Waals surface area contributed by atoms with Gasteiger partial charge in [0.1, 0.15) is 0 Å². The van der Waals surface area contributed by atoms with Gasteiger partial charge in [-0.2, -0.15) is 0 Å². The number of hydrogen-bond donors (Lipinski definition) is 2. The van der Waals surface area contributed by atoms with E-state index >= 15 is 0 Å². The Hall–Kier alpha value is -2.10. The smallest absolute Gasteiger partial charge is 0.244 e. The lowest BCUT2D eigenvalue weighted by molar-refractivity contribution is -0.124. The van der Waals surface area contributed by atoms with Crippen molar-refractivity contribution < 1.29 is 9.59 Å². The van der Waals surface area contributed by atoms with Crippen LogP contribution in [0.2, 0.25) is 0 Å². The van der Waals surface area contributed by atoms with Crippen LogP contribution in [0.3, 0.4) is 0 Å². The van der Waals surface area contributed by atoms with Gasteiger partial charge in [-0.05, 0) is 36.5 Å². The topological polar surface area (TPSA) is 58.2 Å². The van der Waals surface area contributed by atoms with Crippen molar-refractivity contribution in [2.24, 2.45) is 0 Å². The molecule has 2 N–H and O–H groups in total. The van der Waals surface area contributed by atoms with E-state index in [4.69, 9.17) is 0 Å². The molecule has 0 unspecified atom stereocenters. The molecule has 0 bridgehead atoms. The van der Waals surface area contributed by atoms with E-state index in [9.17, 15) is 9.59 Å². The lowest BCUT2D eigenvalue weighted by Crippen LogP contribution is -2.37. The summed E-state index contributed by atoms with van der Waals surface area (Å²) in [6, 6.07) is 8.36. The van der Waals surface area contributed by atoms with Crippen molar-refractivity contribution in [2.75, 3.05) is 6.54 Å². The Balaban J connectivity index is 1.74. The number of carbonyl (C=O) groups is 2. The van der Waals surface area contributed by atoms with Gasteiger partial charge in [-0.15, -0.1) is 0 Å². The van der Waals surface area contributed by atoms with Gasteiger partial charge in [-0.3, -0.25) is 9.59 Å². The maximum Gasteiger partial charge on any atom is 0.244 e. The Morgan fingerprint density at radius 1 is 1.25 bits per heavy atom. The molecule has 0 radical (unpaired) electrons. The lowest BCUT2D eigenvalue weighted by Gasteiger charge is -2.03. The highest BCUT2D eigenvalue weighted by Gasteiger charge is 2.22. The summed E-state index contributed by atoms with van der Waals surface area (Å²) < 4.78 is 0. The predicted molar refractivity (Wildman–Crippen MR) is 79.0 cm³/mol. The van der Waals surface area contributed by atoms with Gasteiger partial charge in [-0.1, -0.05) is 31.2 Å². The highest BCUT2D eigenvalue weighted by Crippen LogP contribution is 2.18. The van der Waals surface area contributed by atoms with E-state index in [0.717, 1.165) is 24.8 Å². The molecule has 1 aliphatic rings. The quantitative estimate of drug-likeness (QED) is 0.774. The third kappa shape index (κ3) is 4.88. The third-order valence-electron chi connectivity index (χ3n) is 3.18. The molecule has 4 nitrogen and oxygen atoms in total. The van der Waals surface area contributed by atoms with E-state index in [2.05, 4.69) is 17.6 Å². The van der Waals surface area contributed by atoms with Gasteiger partial charge in [0.15, 0.2) is 0 Å². The average Bonchev–Trinajstić information content (AvgIpc) is 3.27. The van der Waals surface area contributed by atoms with Crippen LogP contribution in [0.4, 0.5) is 0 Å². The standard InChI is InChI=1S/C16H20N2O2/c1-2-12-3-5-13(6-4-12)7-10-15(19)17-11-16(20)18-14-8-9-14/h3-7,10,14H,2,8-9,11H2,1H3,(H,17,19)(H,18,20)/b10-7+. The second-order valence-corrected chi connectivity index (χ2v) is 4.99. The molecule has 0 heterocycles. The third-order valence-corrected chi connectivity index (χ3v) is 3.18. The molecule has 0 saturated heterocycles. The first-order chi connectivity index (χ1) is 9.67. The minimum Gasteiger partial charge on any atom is -0.352 e. The van der Waals surface area contributed by atoms with Gasteiger partial charge in [0, 0.05) is 12.1 Å². The van der Waals surface area contributed by atoms with Crippen LogP contribution < -0.4 is 10.6 Å². The van der Waals surface area contributed by atoms with Crippen LogP contribution in [0, 0.1) is 0 Å². The number of nitrogens with one attached hydrogen (secondary N) is 2. The van der Waals surface area contributed by atoms with Crippen molar-refractivity contribution in [1.29, 1.82) is 0 Å². The summed E-state index contributed by atoms with van der Waals surface area (Å²) in [6.07, 6.45) is 6.29. The van der Waals surface area contributed by atoms with Crippen LogP contribution in [0.1, 0.15) is 30.9 Å². The molecule has 1 aromatic rings. The Labute approximate surface area is 119 Å². The Kier molecular flexibility index (Phi) is 4.93. The van der Waals surface area contributed by atoms with Crippen LogP contribution >= 0.6 is 0 Å². The Bertz CT molecular complexity index is 502. The predicted octanol–water partition coefficient (Wildman–Crippen LogP) is 1.66. The first kappa shape index (κ1) is 14.3. The summed E-state index contributed by atoms with van der Waals surface area (Å²) in [5.74, 6) is -0.378. The molecular weight excluding hydrogens is 252 g/mol. The average molecular weight is 272 g/mol. The second-order valence-electron chi connectivity index (χ2n) is 4.99. The van der Waals surface area contributed by atoms with Crippen molar-refractivity contribution in [3.63, 3.8) is 0 Å². The zero-order chi connectivity index (χ0) is 14.4. The Morgan fingerprint density at radius 3 is 2.55 bits per heavy atom. The largest absolute Gasteiger partial charge is 0.352 e. The van der Waals surface area contributed by atoms with Crippen LogP contribution in [0.25, 0.3) is 6.08 Å². The highest BCUT2D eigenvalue weighted by atomic mass is 16.2. The number of carbonyl (C=O) groups excluding carboxylic acids is 2. The molecule has 1 aliphatic carbocycles. The molecule has 106 valence electrons. The van der Waals surface area contributed by atoms with E-state index in [1.54, 1.807) is 6.08 Å². The van der Waals surface area contributed by atoms with Crippen LogP contribution in [0.5, 0.6) is 0 Å². The van der Waals surface area contributed by atoms with Crippen molar-refractivity contribution in [2.45, 2.75) is 32.2 Å². The fourth-order valence-corrected chi connectivity index (χ4v) is 1.77. The van der Waals surface area contributed by atoms with Crippen molar-refractivity contribution in [3.8, 4) is 0 Å². The molecule has 1 fully saturated rings. The van der Waals surface area contributed by atoms with E-state index < -0.39 is 0 Å². The minimum absolute atomic E-state index is 0.0362. The first-order valence-corrected chi connectivity index (χ1v) is 7.01. The minimum atomic E-state index is -0.254. The monoisotopic (exact) mass is 272 g/mol. The second kappa shape index (κ2) is 6.89. The van der Waals surface area contributed by atoms with Crippen LogP contribution in [-0.4, -0.2) is 24.4 Å². The number of aryl methyl sites for hydroxylation is 1. The van der Waals surface area contributed by atoms with E-state index in [0.29, 0.717) is 6.04 Å². The maximum absolute atomic E-state index is 11.6. The molecule has 1 saturated carbocycles. The van der Waals surface area contributed by atoms with Crippen LogP contribution in [0.15, 0.2) is 30.3 Å². The zero-order valence-electron chi connectivity index (χ0n) is 11.7. The summed E-state index contributed by atoms with van der Waals surface area (Å²) >= 11 is 0. The molecule has 20 heavy (non-hydrogen) atoms. The normalized spacial score (nSPS) is 14.2. The van der Waals surface area contributed by atoms with Gasteiger partial charge >= 0.3 is 0 Å². The van der Waals surface area contributed by atoms with Crippen molar-refractivity contribution in [3.05, 3.63) is 41.5 Å². The number of benzene rings is 1. The SMILES string of the molecule is CCc1ccc(/C=C/C(=O)NCC(=O)NC2CC2)cc1. The van der Waals surface area contributed by atoms with E-state index in [1.165, 1.54) is 11.6 Å². The first-order valence-electron chi connectivity index (χ1n) is 7.01. The van der Waals surface area contributed by atoms with Gasteiger partial charge in [0.05, 0.1) is 6.54 Å². The summed E-state index contributed by atoms with van der Waals surface area (Å²) in [6.45, 7) is 2.14. The summed E-state index contributed by atoms with van der Waals surface area (Å²) in [4.78, 5) is 23.0. The lowest BCUT2D eigenvalue weighted by atomic mass is 10.1. The summed E-state index contributed by atoms with van der Waals surface area (Å²) in [7, 11) is 0. The van der Waals surface area contributed by atoms with E-state index in [-0.39, 0.29) is 18.4 Å². The molecular formula is C16H20N2O2.